The second kappa shape index (κ2) is 4.92. The summed E-state index contributed by atoms with van der Waals surface area (Å²) in [6.07, 6.45) is 0.508. The number of aliphatic hydroxyl groups is 1. The van der Waals surface area contributed by atoms with Crippen LogP contribution in [-0.4, -0.2) is 25.4 Å². The van der Waals surface area contributed by atoms with Crippen molar-refractivity contribution < 1.29 is 12.6 Å². The number of rotatable bonds is 3. The maximum Gasteiger partial charge on any atom is 0.0530 e. The Labute approximate surface area is 40.6 Å². The quantitative estimate of drug-likeness (QED) is 0.498. The van der Waals surface area contributed by atoms with Crippen molar-refractivity contribution >= 4 is 0 Å². The number of methoxy groups -OCH3 is 1. The van der Waals surface area contributed by atoms with E-state index in [2.05, 4.69) is 4.74 Å². The van der Waals surface area contributed by atoms with Crippen LogP contribution in [0.2, 0.25) is 0 Å². The molecule has 0 aliphatic rings. The van der Waals surface area contributed by atoms with Crippen LogP contribution < -0.4 is 0 Å². The van der Waals surface area contributed by atoms with Gasteiger partial charge in [0.2, 0.25) is 0 Å². The first-order valence-electron chi connectivity index (χ1n) is 3.00. The molecular weight excluding hydrogens is 80.0 g/mol. The van der Waals surface area contributed by atoms with E-state index in [0.717, 1.165) is 0 Å². The molecule has 6 heavy (non-hydrogen) atoms. The van der Waals surface area contributed by atoms with E-state index in [-0.39, 0.29) is 6.61 Å². The van der Waals surface area contributed by atoms with Crippen LogP contribution in [0.3, 0.4) is 0 Å². The zero-order valence-electron chi connectivity index (χ0n) is 5.55. The van der Waals surface area contributed by atoms with Crippen LogP contribution >= 0.6 is 0 Å². The molecule has 0 aliphatic heterocycles. The monoisotopic (exact) mass is 93.1 g/mol. The van der Waals surface area contributed by atoms with Crippen molar-refractivity contribution in [1.29, 1.82) is 0 Å². The standard InChI is InChI=1S/C4H10O2/c1-6-4-2-3-5/h5H,2-4H2,1H3/i1TD. The van der Waals surface area contributed by atoms with Crippen molar-refractivity contribution in [2.75, 3.05) is 20.3 Å². The van der Waals surface area contributed by atoms with Gasteiger partial charge in [-0.05, 0) is 6.42 Å². The van der Waals surface area contributed by atoms with Crippen molar-refractivity contribution in [3.8, 4) is 0 Å². The Kier molecular flexibility index (Phi) is 2.45. The van der Waals surface area contributed by atoms with Crippen LogP contribution in [0, 0.1) is 0 Å². The van der Waals surface area contributed by atoms with E-state index in [0.29, 0.717) is 13.0 Å². The van der Waals surface area contributed by atoms with E-state index >= 15 is 0 Å². The maximum atomic E-state index is 8.18. The van der Waals surface area contributed by atoms with Gasteiger partial charge in [0.1, 0.15) is 0 Å². The first-order chi connectivity index (χ1) is 3.77. The predicted molar refractivity (Wildman–Crippen MR) is 23.6 cm³/mol. The van der Waals surface area contributed by atoms with Crippen LogP contribution in [0.4, 0.5) is 0 Å². The topological polar surface area (TPSA) is 29.5 Å². The molecule has 0 saturated heterocycles. The lowest BCUT2D eigenvalue weighted by atomic mass is 10.5. The van der Waals surface area contributed by atoms with Gasteiger partial charge in [-0.1, -0.05) is 0 Å². The third-order valence-corrected chi connectivity index (χ3v) is 0.420. The highest BCUT2D eigenvalue weighted by Crippen LogP contribution is 1.72. The second-order valence-corrected chi connectivity index (χ2v) is 0.948. The number of hydrogen-bond donors (Lipinski definition) is 1. The maximum absolute atomic E-state index is 8.18. The smallest absolute Gasteiger partial charge is 0.0530 e. The second-order valence-electron chi connectivity index (χ2n) is 0.948. The third kappa shape index (κ3) is 3.92. The summed E-state index contributed by atoms with van der Waals surface area (Å²) in [6.45, 7) is 0.362. The molecule has 0 saturated carbocycles. The Balaban J connectivity index is 2.72. The minimum atomic E-state index is -1.21. The Hall–Kier alpha value is -0.0800. The summed E-state index contributed by atoms with van der Waals surface area (Å²) in [5, 5.41) is 8.18. The van der Waals surface area contributed by atoms with Crippen molar-refractivity contribution in [1.82, 2.24) is 0 Å². The highest BCUT2D eigenvalue weighted by atomic mass is 16.5. The molecule has 0 bridgehead atoms. The van der Waals surface area contributed by atoms with Crippen molar-refractivity contribution in [3.05, 3.63) is 0 Å². The Morgan fingerprint density at radius 1 is 2.33 bits per heavy atom. The van der Waals surface area contributed by atoms with Gasteiger partial charge in [0.25, 0.3) is 0 Å². The molecule has 38 valence electrons. The zero-order valence-corrected chi connectivity index (χ0v) is 3.55. The number of aliphatic hydroxyl groups excluding tert-OH is 1. The van der Waals surface area contributed by atoms with Gasteiger partial charge in [0, 0.05) is 20.3 Å². The molecule has 0 aliphatic carbocycles. The fourth-order valence-corrected chi connectivity index (χ4v) is 0.148. The molecule has 1 unspecified atom stereocenters. The molecule has 1 N–H and O–H groups in total. The summed E-state index contributed by atoms with van der Waals surface area (Å²) in [4.78, 5) is 0. The van der Waals surface area contributed by atoms with Gasteiger partial charge in [0.15, 0.2) is 0 Å². The van der Waals surface area contributed by atoms with Crippen molar-refractivity contribution in [2.45, 2.75) is 6.42 Å². The van der Waals surface area contributed by atoms with Crippen molar-refractivity contribution in [2.24, 2.45) is 0 Å². The minimum Gasteiger partial charge on any atom is -0.396 e. The molecule has 0 fully saturated rings. The third-order valence-electron chi connectivity index (χ3n) is 0.420. The summed E-state index contributed by atoms with van der Waals surface area (Å²) in [5.74, 6) is 0. The van der Waals surface area contributed by atoms with E-state index in [1.807, 2.05) is 0 Å². The van der Waals surface area contributed by atoms with Gasteiger partial charge >= 0.3 is 0 Å². The summed E-state index contributed by atoms with van der Waals surface area (Å²) >= 11 is 0. The van der Waals surface area contributed by atoms with Crippen LogP contribution in [0.1, 0.15) is 9.16 Å². The lowest BCUT2D eigenvalue weighted by molar-refractivity contribution is 0.166. The fraction of sp³-hybridized carbons (Fsp3) is 1.00. The SMILES string of the molecule is [2H]C([3H])OCCCO. The molecule has 0 radical (unpaired) electrons. The van der Waals surface area contributed by atoms with E-state index in [1.165, 1.54) is 0 Å². The van der Waals surface area contributed by atoms with Crippen LogP contribution in [0.15, 0.2) is 0 Å². The van der Waals surface area contributed by atoms with Gasteiger partial charge in [0.05, 0.1) is 2.74 Å². The highest BCUT2D eigenvalue weighted by Gasteiger charge is 1.75. The average Bonchev–Trinajstić information content (AvgIpc) is 1.66. The summed E-state index contributed by atoms with van der Waals surface area (Å²) in [5.41, 5.74) is 0. The number of hydrogen-bond acceptors (Lipinski definition) is 2. The molecule has 2 nitrogen and oxygen atoms in total. The molecule has 1 atom stereocenters. The van der Waals surface area contributed by atoms with E-state index < -0.39 is 7.06 Å². The predicted octanol–water partition coefficient (Wildman–Crippen LogP) is 0.0152. The molecular formula is C4H10O2. The van der Waals surface area contributed by atoms with Gasteiger partial charge in [-0.15, -0.1) is 0 Å². The first kappa shape index (κ1) is 2.99. The Morgan fingerprint density at radius 2 is 3.17 bits per heavy atom. The number of ether oxygens (including phenoxy) is 1. The summed E-state index contributed by atoms with van der Waals surface area (Å²) in [7, 11) is -1.21. The van der Waals surface area contributed by atoms with Gasteiger partial charge < -0.3 is 9.84 Å². The summed E-state index contributed by atoms with van der Waals surface area (Å²) in [6, 6.07) is 0. The Morgan fingerprint density at radius 3 is 3.67 bits per heavy atom. The molecule has 0 heterocycles. The fourth-order valence-electron chi connectivity index (χ4n) is 0.148. The Bertz CT molecular complexity index is 49.3. The van der Waals surface area contributed by atoms with Crippen LogP contribution in [0.5, 0.6) is 0 Å². The molecule has 0 aromatic rings. The van der Waals surface area contributed by atoms with Gasteiger partial charge in [-0.2, -0.15) is 0 Å². The van der Waals surface area contributed by atoms with E-state index in [1.54, 1.807) is 0 Å². The molecule has 0 aromatic heterocycles. The van der Waals surface area contributed by atoms with Crippen LogP contribution in [0.25, 0.3) is 0 Å². The molecule has 0 aromatic carbocycles. The molecule has 0 amide bonds. The summed E-state index contributed by atoms with van der Waals surface area (Å²) < 4.78 is 17.5. The highest BCUT2D eigenvalue weighted by molar-refractivity contribution is 4.25. The van der Waals surface area contributed by atoms with E-state index in [4.69, 9.17) is 7.85 Å². The van der Waals surface area contributed by atoms with Gasteiger partial charge in [-0.3, -0.25) is 0 Å². The lowest BCUT2D eigenvalue weighted by Gasteiger charge is -1.89. The van der Waals surface area contributed by atoms with Gasteiger partial charge in [-0.25, -0.2) is 0 Å². The minimum absolute atomic E-state index is 0.0622. The lowest BCUT2D eigenvalue weighted by Crippen LogP contribution is -1.90. The first-order valence-corrected chi connectivity index (χ1v) is 1.84. The molecule has 0 spiro atoms. The van der Waals surface area contributed by atoms with Crippen molar-refractivity contribution in [3.63, 3.8) is 0 Å². The normalized spacial score (nSPS) is 18.8. The zero-order chi connectivity index (χ0) is 6.41. The van der Waals surface area contributed by atoms with E-state index in [9.17, 15) is 0 Å². The average molecular weight is 93.1 g/mol. The largest absolute Gasteiger partial charge is 0.396 e. The molecule has 2 heteroatoms. The molecule has 0 rings (SSSR count). The van der Waals surface area contributed by atoms with Crippen LogP contribution in [-0.2, 0) is 4.74 Å².